The molecule has 3 heterocycles. The summed E-state index contributed by atoms with van der Waals surface area (Å²) in [6.45, 7) is 0. The third-order valence-electron chi connectivity index (χ3n) is 6.14. The molecule has 0 radical (unpaired) electrons. The number of aromatic nitrogens is 1. The van der Waals surface area contributed by atoms with Crippen molar-refractivity contribution < 1.29 is 4.79 Å². The normalized spacial score (nSPS) is 23.2. The maximum atomic E-state index is 12.8. The van der Waals surface area contributed by atoms with Crippen LogP contribution in [-0.4, -0.2) is 22.2 Å². The lowest BCUT2D eigenvalue weighted by Crippen LogP contribution is -2.38. The molecule has 1 fully saturated rings. The van der Waals surface area contributed by atoms with E-state index in [2.05, 4.69) is 32.3 Å². The highest BCUT2D eigenvalue weighted by Crippen LogP contribution is 2.40. The number of aliphatic imine (C=N–C) groups is 1. The van der Waals surface area contributed by atoms with Gasteiger partial charge in [0.25, 0.3) is 0 Å². The Hall–Kier alpha value is -3.57. The summed E-state index contributed by atoms with van der Waals surface area (Å²) in [6, 6.07) is 13.0. The van der Waals surface area contributed by atoms with E-state index < -0.39 is 6.04 Å². The minimum atomic E-state index is -0.607. The average Bonchev–Trinajstić information content (AvgIpc) is 3.44. The van der Waals surface area contributed by atoms with Gasteiger partial charge < -0.3 is 15.7 Å². The van der Waals surface area contributed by atoms with Gasteiger partial charge in [0, 0.05) is 23.6 Å². The van der Waals surface area contributed by atoms with Crippen LogP contribution in [-0.2, 0) is 4.79 Å². The number of nitrogens with zero attached hydrogens (tertiary/aromatic N) is 3. The standard InChI is InChI=1S/C22H23N7O/c23-12-18(14-4-2-1-3-5-14)26-22(30)16-8-6-15(7-9-16)19-20-17-10-11-24-21(17)25-13-29(20)28-27-19/h1-5,10-11,13,15-16,18,24,27-28H,6-9H2,(H,26,30). The molecule has 1 amide bonds. The van der Waals surface area contributed by atoms with Gasteiger partial charge in [0.2, 0.25) is 5.91 Å². The molecule has 8 heteroatoms. The summed E-state index contributed by atoms with van der Waals surface area (Å²) in [5.74, 6) is 1.11. The van der Waals surface area contributed by atoms with Gasteiger partial charge in [-0.1, -0.05) is 30.3 Å². The lowest BCUT2D eigenvalue weighted by molar-refractivity contribution is -0.126. The molecule has 2 aromatic rings. The van der Waals surface area contributed by atoms with Crippen LogP contribution in [0.5, 0.6) is 0 Å². The van der Waals surface area contributed by atoms with Crippen molar-refractivity contribution in [1.29, 1.82) is 5.26 Å². The van der Waals surface area contributed by atoms with E-state index >= 15 is 0 Å². The molecule has 1 unspecified atom stereocenters. The topological polar surface area (TPSA) is 108 Å². The number of rotatable bonds is 4. The SMILES string of the molecule is N#CC(NC(=O)C1CCC(C2=C3c4cc[nH]c4N=CN3NN2)CC1)c1ccccc1. The predicted octanol–water partition coefficient (Wildman–Crippen LogP) is 2.87. The van der Waals surface area contributed by atoms with Crippen LogP contribution in [0.3, 0.4) is 0 Å². The van der Waals surface area contributed by atoms with Gasteiger partial charge in [-0.2, -0.15) is 5.26 Å². The van der Waals surface area contributed by atoms with Gasteiger partial charge >= 0.3 is 0 Å². The Morgan fingerprint density at radius 3 is 2.77 bits per heavy atom. The molecular formula is C22H23N7O. The number of hydrogen-bond donors (Lipinski definition) is 4. The van der Waals surface area contributed by atoms with Crippen LogP contribution in [0.25, 0.3) is 5.70 Å². The minimum absolute atomic E-state index is 0.0293. The van der Waals surface area contributed by atoms with Crippen molar-refractivity contribution in [3.8, 4) is 6.07 Å². The molecule has 1 aliphatic carbocycles. The molecule has 5 rings (SSSR count). The van der Waals surface area contributed by atoms with Gasteiger partial charge in [-0.15, -0.1) is 5.53 Å². The van der Waals surface area contributed by atoms with Crippen molar-refractivity contribution in [3.05, 3.63) is 59.4 Å². The van der Waals surface area contributed by atoms with E-state index in [1.165, 1.54) is 0 Å². The fourth-order valence-corrected chi connectivity index (χ4v) is 4.54. The Bertz CT molecular complexity index is 1040. The number of hydrazine groups is 2. The van der Waals surface area contributed by atoms with Crippen LogP contribution < -0.4 is 16.3 Å². The van der Waals surface area contributed by atoms with Crippen LogP contribution in [0.4, 0.5) is 5.82 Å². The highest BCUT2D eigenvalue weighted by atomic mass is 16.1. The summed E-state index contributed by atoms with van der Waals surface area (Å²) in [4.78, 5) is 20.4. The molecule has 152 valence electrons. The van der Waals surface area contributed by atoms with Gasteiger partial charge in [-0.3, -0.25) is 4.79 Å². The zero-order valence-corrected chi connectivity index (χ0v) is 16.4. The van der Waals surface area contributed by atoms with E-state index in [-0.39, 0.29) is 11.8 Å². The third-order valence-corrected chi connectivity index (χ3v) is 6.14. The number of aromatic amines is 1. The number of allylic oxidation sites excluding steroid dienone is 1. The first kappa shape index (κ1) is 18.5. The lowest BCUT2D eigenvalue weighted by atomic mass is 9.79. The number of amides is 1. The third kappa shape index (κ3) is 3.23. The average molecular weight is 401 g/mol. The van der Waals surface area contributed by atoms with E-state index in [4.69, 9.17) is 0 Å². The molecule has 0 bridgehead atoms. The molecule has 4 N–H and O–H groups in total. The number of benzene rings is 1. The maximum Gasteiger partial charge on any atom is 0.224 e. The van der Waals surface area contributed by atoms with Crippen LogP contribution in [0.2, 0.25) is 0 Å². The number of nitriles is 1. The molecule has 8 nitrogen and oxygen atoms in total. The van der Waals surface area contributed by atoms with Crippen LogP contribution >= 0.6 is 0 Å². The second kappa shape index (κ2) is 7.69. The molecular weight excluding hydrogens is 378 g/mol. The fraction of sp³-hybridized carbons (Fsp3) is 0.318. The highest BCUT2D eigenvalue weighted by Gasteiger charge is 2.35. The smallest absolute Gasteiger partial charge is 0.224 e. The monoisotopic (exact) mass is 401 g/mol. The van der Waals surface area contributed by atoms with Gasteiger partial charge in [0.1, 0.15) is 18.2 Å². The molecule has 3 aliphatic rings. The first-order chi connectivity index (χ1) is 14.7. The van der Waals surface area contributed by atoms with Crippen LogP contribution in [0.1, 0.15) is 42.9 Å². The molecule has 1 aromatic carbocycles. The highest BCUT2D eigenvalue weighted by molar-refractivity contribution is 5.88. The van der Waals surface area contributed by atoms with E-state index in [1.807, 2.05) is 47.6 Å². The van der Waals surface area contributed by atoms with Crippen LogP contribution in [0, 0.1) is 23.2 Å². The zero-order valence-electron chi connectivity index (χ0n) is 16.4. The van der Waals surface area contributed by atoms with Crippen molar-refractivity contribution in [2.75, 3.05) is 0 Å². The van der Waals surface area contributed by atoms with Gasteiger partial charge in [0.05, 0.1) is 17.5 Å². The van der Waals surface area contributed by atoms with E-state index in [0.717, 1.165) is 54.0 Å². The Labute approximate surface area is 174 Å². The van der Waals surface area contributed by atoms with E-state index in [1.54, 1.807) is 6.34 Å². The largest absolute Gasteiger partial charge is 0.346 e. The molecule has 1 saturated carbocycles. The molecule has 2 aliphatic heterocycles. The lowest BCUT2D eigenvalue weighted by Gasteiger charge is -2.29. The molecule has 30 heavy (non-hydrogen) atoms. The van der Waals surface area contributed by atoms with Gasteiger partial charge in [0.15, 0.2) is 0 Å². The summed E-state index contributed by atoms with van der Waals surface area (Å²) in [5, 5.41) is 14.3. The predicted molar refractivity (Wildman–Crippen MR) is 112 cm³/mol. The number of H-pyrrole nitrogens is 1. The summed E-state index contributed by atoms with van der Waals surface area (Å²) >= 11 is 0. The second-order valence-electron chi connectivity index (χ2n) is 7.88. The minimum Gasteiger partial charge on any atom is -0.346 e. The molecule has 1 aromatic heterocycles. The number of nitrogens with one attached hydrogen (secondary N) is 4. The summed E-state index contributed by atoms with van der Waals surface area (Å²) in [7, 11) is 0. The Morgan fingerprint density at radius 1 is 1.20 bits per heavy atom. The number of carbonyl (C=O) groups is 1. The first-order valence-corrected chi connectivity index (χ1v) is 10.3. The second-order valence-corrected chi connectivity index (χ2v) is 7.88. The molecule has 0 spiro atoms. The number of hydrogen-bond acceptors (Lipinski definition) is 6. The fourth-order valence-electron chi connectivity index (χ4n) is 4.54. The molecule has 1 atom stereocenters. The number of fused-ring (bicyclic) bond motifs is 3. The Morgan fingerprint density at radius 2 is 2.00 bits per heavy atom. The van der Waals surface area contributed by atoms with E-state index in [9.17, 15) is 10.1 Å². The van der Waals surface area contributed by atoms with Crippen molar-refractivity contribution >= 4 is 23.8 Å². The van der Waals surface area contributed by atoms with Crippen molar-refractivity contribution in [1.82, 2.24) is 26.3 Å². The van der Waals surface area contributed by atoms with Gasteiger partial charge in [-0.05, 0) is 37.3 Å². The molecule has 0 saturated heterocycles. The van der Waals surface area contributed by atoms with Crippen molar-refractivity contribution in [2.24, 2.45) is 16.8 Å². The van der Waals surface area contributed by atoms with Crippen molar-refractivity contribution in [2.45, 2.75) is 31.7 Å². The quantitative estimate of drug-likeness (QED) is 0.630. The summed E-state index contributed by atoms with van der Waals surface area (Å²) in [5.41, 5.74) is 10.6. The van der Waals surface area contributed by atoms with E-state index in [0.29, 0.717) is 5.92 Å². The Kier molecular flexibility index (Phi) is 4.73. The van der Waals surface area contributed by atoms with Crippen molar-refractivity contribution in [3.63, 3.8) is 0 Å². The maximum absolute atomic E-state index is 12.8. The summed E-state index contributed by atoms with van der Waals surface area (Å²) < 4.78 is 0. The Balaban J connectivity index is 1.25. The first-order valence-electron chi connectivity index (χ1n) is 10.3. The van der Waals surface area contributed by atoms with Gasteiger partial charge in [-0.25, -0.2) is 10.0 Å². The summed E-state index contributed by atoms with van der Waals surface area (Å²) in [6.07, 6.45) is 7.09. The zero-order chi connectivity index (χ0) is 20.5. The number of carbonyl (C=O) groups excluding carboxylic acids is 1. The van der Waals surface area contributed by atoms with Crippen LogP contribution in [0.15, 0.2) is 53.3 Å².